The molecule has 2 aromatic rings. The normalized spacial score (nSPS) is 15.1. The topological polar surface area (TPSA) is 72.9 Å². The second-order valence-electron chi connectivity index (χ2n) is 6.64. The van der Waals surface area contributed by atoms with Crippen LogP contribution >= 0.6 is 0 Å². The quantitative estimate of drug-likeness (QED) is 0.751. The lowest BCUT2D eigenvalue weighted by Gasteiger charge is -2.28. The van der Waals surface area contributed by atoms with Crippen LogP contribution in [-0.4, -0.2) is 50.4 Å². The van der Waals surface area contributed by atoms with Gasteiger partial charge in [-0.15, -0.1) is 0 Å². The largest absolute Gasteiger partial charge is 0.497 e. The highest BCUT2D eigenvalue weighted by Gasteiger charge is 2.15. The zero-order valence-electron chi connectivity index (χ0n) is 16.4. The van der Waals surface area contributed by atoms with Crippen molar-refractivity contribution in [1.29, 1.82) is 0 Å². The third-order valence-corrected chi connectivity index (χ3v) is 4.62. The smallest absolute Gasteiger partial charge is 0.249 e. The highest BCUT2D eigenvalue weighted by Crippen LogP contribution is 2.15. The summed E-state index contributed by atoms with van der Waals surface area (Å²) in [6, 6.07) is 11.5. The number of aromatic nitrogens is 1. The monoisotopic (exact) mass is 385 g/mol. The van der Waals surface area contributed by atoms with Crippen LogP contribution in [0.2, 0.25) is 0 Å². The molecule has 0 radical (unpaired) electrons. The van der Waals surface area contributed by atoms with Gasteiger partial charge in [0, 0.05) is 25.8 Å². The summed E-state index contributed by atoms with van der Waals surface area (Å²) in [5.41, 5.74) is 1.97. The van der Waals surface area contributed by atoms with Crippen molar-refractivity contribution >= 4 is 11.7 Å². The fraction of sp³-hybridized carbons (Fsp3) is 0.429. The maximum atomic E-state index is 12.3. The average Bonchev–Trinajstić information content (AvgIpc) is 2.76. The molecule has 1 N–H and O–H groups in total. The van der Waals surface area contributed by atoms with Crippen molar-refractivity contribution in [3.8, 4) is 5.75 Å². The molecule has 0 spiro atoms. The molecule has 1 saturated heterocycles. The second kappa shape index (κ2) is 10.1. The van der Waals surface area contributed by atoms with E-state index < -0.39 is 6.10 Å². The first-order valence-electron chi connectivity index (χ1n) is 9.45. The minimum atomic E-state index is -0.549. The van der Waals surface area contributed by atoms with Crippen LogP contribution < -0.4 is 15.0 Å². The fourth-order valence-corrected chi connectivity index (χ4v) is 2.93. The zero-order valence-corrected chi connectivity index (χ0v) is 16.4. The van der Waals surface area contributed by atoms with Crippen molar-refractivity contribution in [3.63, 3.8) is 0 Å². The van der Waals surface area contributed by atoms with Gasteiger partial charge in [0.05, 0.1) is 26.9 Å². The molecule has 28 heavy (non-hydrogen) atoms. The van der Waals surface area contributed by atoms with Gasteiger partial charge in [-0.3, -0.25) is 4.79 Å². The van der Waals surface area contributed by atoms with E-state index in [2.05, 4.69) is 15.2 Å². The van der Waals surface area contributed by atoms with Gasteiger partial charge < -0.3 is 24.4 Å². The summed E-state index contributed by atoms with van der Waals surface area (Å²) < 4.78 is 16.3. The number of carbonyl (C=O) groups excluding carboxylic acids is 1. The van der Waals surface area contributed by atoms with Gasteiger partial charge >= 0.3 is 0 Å². The number of ether oxygens (including phenoxy) is 3. The van der Waals surface area contributed by atoms with Crippen molar-refractivity contribution in [1.82, 2.24) is 10.3 Å². The number of nitrogens with zero attached hydrogens (tertiary/aromatic N) is 2. The predicted octanol–water partition coefficient (Wildman–Crippen LogP) is 2.15. The Bertz CT molecular complexity index is 778. The molecular weight excluding hydrogens is 358 g/mol. The van der Waals surface area contributed by atoms with E-state index in [4.69, 9.17) is 14.2 Å². The maximum absolute atomic E-state index is 12.3. The van der Waals surface area contributed by atoms with Crippen molar-refractivity contribution < 1.29 is 19.0 Å². The predicted molar refractivity (Wildman–Crippen MR) is 106 cm³/mol. The highest BCUT2D eigenvalue weighted by atomic mass is 16.5. The number of nitrogens with one attached hydrogen (secondary N) is 1. The van der Waals surface area contributed by atoms with Crippen LogP contribution in [0.4, 0.5) is 5.82 Å². The van der Waals surface area contributed by atoms with E-state index in [1.807, 2.05) is 36.4 Å². The molecule has 3 rings (SSSR count). The molecule has 0 saturated carbocycles. The summed E-state index contributed by atoms with van der Waals surface area (Å²) in [6.07, 6.45) is 1.22. The first-order valence-corrected chi connectivity index (χ1v) is 9.45. The summed E-state index contributed by atoms with van der Waals surface area (Å²) in [5, 5.41) is 2.93. The third kappa shape index (κ3) is 5.68. The molecule has 1 aliphatic rings. The SMILES string of the molecule is COc1cccc(COC(C)C(=O)NCc2ccnc(N3CCOCC3)c2)c1. The molecule has 0 aliphatic carbocycles. The number of anilines is 1. The van der Waals surface area contributed by atoms with Crippen LogP contribution in [0, 0.1) is 0 Å². The number of morpholine rings is 1. The molecule has 7 nitrogen and oxygen atoms in total. The molecule has 1 atom stereocenters. The summed E-state index contributed by atoms with van der Waals surface area (Å²) >= 11 is 0. The lowest BCUT2D eigenvalue weighted by atomic mass is 10.2. The Balaban J connectivity index is 1.47. The number of rotatable bonds is 8. The third-order valence-electron chi connectivity index (χ3n) is 4.62. The van der Waals surface area contributed by atoms with Gasteiger partial charge in [-0.05, 0) is 42.3 Å². The first-order chi connectivity index (χ1) is 13.7. The molecule has 2 heterocycles. The summed E-state index contributed by atoms with van der Waals surface area (Å²) in [6.45, 7) is 5.63. The fourth-order valence-electron chi connectivity index (χ4n) is 2.93. The van der Waals surface area contributed by atoms with E-state index in [0.29, 0.717) is 26.4 Å². The van der Waals surface area contributed by atoms with E-state index in [1.165, 1.54) is 0 Å². The minimum absolute atomic E-state index is 0.146. The Morgan fingerprint density at radius 3 is 2.86 bits per heavy atom. The molecule has 1 aromatic heterocycles. The Morgan fingerprint density at radius 2 is 2.07 bits per heavy atom. The Labute approximate surface area is 165 Å². The Kier molecular flexibility index (Phi) is 7.22. The van der Waals surface area contributed by atoms with Crippen LogP contribution in [0.3, 0.4) is 0 Å². The maximum Gasteiger partial charge on any atom is 0.249 e. The van der Waals surface area contributed by atoms with Gasteiger partial charge in [0.25, 0.3) is 0 Å². The van der Waals surface area contributed by atoms with Gasteiger partial charge in [0.1, 0.15) is 17.7 Å². The lowest BCUT2D eigenvalue weighted by molar-refractivity contribution is -0.132. The van der Waals surface area contributed by atoms with E-state index in [9.17, 15) is 4.79 Å². The summed E-state index contributed by atoms with van der Waals surface area (Å²) in [7, 11) is 1.62. The second-order valence-corrected chi connectivity index (χ2v) is 6.64. The van der Waals surface area contributed by atoms with E-state index >= 15 is 0 Å². The number of amides is 1. The average molecular weight is 385 g/mol. The molecule has 7 heteroatoms. The van der Waals surface area contributed by atoms with Crippen LogP contribution in [0.5, 0.6) is 5.75 Å². The minimum Gasteiger partial charge on any atom is -0.497 e. The number of hydrogen-bond acceptors (Lipinski definition) is 6. The number of hydrogen-bond donors (Lipinski definition) is 1. The van der Waals surface area contributed by atoms with Crippen LogP contribution in [0.1, 0.15) is 18.1 Å². The molecule has 1 amide bonds. The van der Waals surface area contributed by atoms with Crippen LogP contribution in [-0.2, 0) is 27.4 Å². The van der Waals surface area contributed by atoms with Gasteiger partial charge in [-0.1, -0.05) is 12.1 Å². The van der Waals surface area contributed by atoms with E-state index in [1.54, 1.807) is 20.2 Å². The molecule has 1 fully saturated rings. The first kappa shape index (κ1) is 20.1. The molecule has 0 bridgehead atoms. The Morgan fingerprint density at radius 1 is 1.25 bits per heavy atom. The number of pyridine rings is 1. The number of carbonyl (C=O) groups is 1. The summed E-state index contributed by atoms with van der Waals surface area (Å²) in [4.78, 5) is 19.0. The van der Waals surface area contributed by atoms with Crippen molar-refractivity contribution in [3.05, 3.63) is 53.7 Å². The van der Waals surface area contributed by atoms with Crippen molar-refractivity contribution in [2.24, 2.45) is 0 Å². The number of benzene rings is 1. The molecule has 150 valence electrons. The standard InChI is InChI=1S/C21H27N3O4/c1-16(28-15-18-4-3-5-19(12-18)26-2)21(25)23-14-17-6-7-22-20(13-17)24-8-10-27-11-9-24/h3-7,12-13,16H,8-11,14-15H2,1-2H3,(H,23,25). The van der Waals surface area contributed by atoms with Gasteiger partial charge in [0.2, 0.25) is 5.91 Å². The zero-order chi connectivity index (χ0) is 19.8. The van der Waals surface area contributed by atoms with E-state index in [-0.39, 0.29) is 5.91 Å². The molecular formula is C21H27N3O4. The lowest BCUT2D eigenvalue weighted by Crippen LogP contribution is -2.37. The van der Waals surface area contributed by atoms with Gasteiger partial charge in [-0.25, -0.2) is 4.98 Å². The van der Waals surface area contributed by atoms with Crippen molar-refractivity contribution in [2.75, 3.05) is 38.3 Å². The van der Waals surface area contributed by atoms with Gasteiger partial charge in [0.15, 0.2) is 0 Å². The number of methoxy groups -OCH3 is 1. The van der Waals surface area contributed by atoms with Crippen LogP contribution in [0.25, 0.3) is 0 Å². The molecule has 1 unspecified atom stereocenters. The molecule has 1 aromatic carbocycles. The van der Waals surface area contributed by atoms with Crippen LogP contribution in [0.15, 0.2) is 42.6 Å². The van der Waals surface area contributed by atoms with E-state index in [0.717, 1.165) is 35.8 Å². The molecule has 1 aliphatic heterocycles. The van der Waals surface area contributed by atoms with Gasteiger partial charge in [-0.2, -0.15) is 0 Å². The summed E-state index contributed by atoms with van der Waals surface area (Å²) in [5.74, 6) is 1.54. The highest BCUT2D eigenvalue weighted by molar-refractivity contribution is 5.80. The Hall–Kier alpha value is -2.64. The van der Waals surface area contributed by atoms with Crippen molar-refractivity contribution in [2.45, 2.75) is 26.2 Å².